The molecule has 0 radical (unpaired) electrons. The van der Waals surface area contributed by atoms with Crippen LogP contribution in [0.2, 0.25) is 0 Å². The van der Waals surface area contributed by atoms with Crippen molar-refractivity contribution in [2.75, 3.05) is 5.73 Å². The molecule has 5 heteroatoms. The van der Waals surface area contributed by atoms with Crippen LogP contribution in [0.1, 0.15) is 5.56 Å². The van der Waals surface area contributed by atoms with Crippen molar-refractivity contribution < 1.29 is 0 Å². The van der Waals surface area contributed by atoms with E-state index in [-0.39, 0.29) is 0 Å². The number of anilines is 1. The molecule has 68 valence electrons. The molecular formula is C8H11N5. The second-order valence-corrected chi connectivity index (χ2v) is 2.36. The molecule has 0 fully saturated rings. The Morgan fingerprint density at radius 1 is 1.31 bits per heavy atom. The van der Waals surface area contributed by atoms with Gasteiger partial charge < -0.3 is 11.2 Å². The summed E-state index contributed by atoms with van der Waals surface area (Å²) in [6, 6.07) is 7.09. The van der Waals surface area contributed by atoms with Gasteiger partial charge in [-0.2, -0.15) is 5.10 Å². The van der Waals surface area contributed by atoms with Gasteiger partial charge in [-0.3, -0.25) is 0 Å². The van der Waals surface area contributed by atoms with Crippen LogP contribution in [0.4, 0.5) is 5.69 Å². The molecule has 1 aromatic carbocycles. The van der Waals surface area contributed by atoms with Crippen LogP contribution in [0.25, 0.3) is 0 Å². The average molecular weight is 177 g/mol. The van der Waals surface area contributed by atoms with Crippen LogP contribution in [0, 0.1) is 0 Å². The van der Waals surface area contributed by atoms with E-state index in [1.165, 1.54) is 0 Å². The highest BCUT2D eigenvalue weighted by atomic mass is 15.3. The standard InChI is InChI=1S/C8H11N5/c1-11-13-8(12-10)6-2-4-7(9)5-3-6/h2-5H,1,9-10H2,(H,12,13). The maximum atomic E-state index is 5.51. The quantitative estimate of drug-likeness (QED) is 0.197. The molecular weight excluding hydrogens is 166 g/mol. The minimum Gasteiger partial charge on any atom is -0.399 e. The Balaban J connectivity index is 2.99. The zero-order valence-electron chi connectivity index (χ0n) is 7.07. The van der Waals surface area contributed by atoms with Crippen molar-refractivity contribution in [1.29, 1.82) is 0 Å². The van der Waals surface area contributed by atoms with Gasteiger partial charge in [-0.05, 0) is 24.3 Å². The summed E-state index contributed by atoms with van der Waals surface area (Å²) in [6.45, 7) is 3.23. The van der Waals surface area contributed by atoms with Gasteiger partial charge in [0.15, 0.2) is 5.84 Å². The van der Waals surface area contributed by atoms with Crippen molar-refractivity contribution in [2.24, 2.45) is 16.0 Å². The summed E-state index contributed by atoms with van der Waals surface area (Å²) >= 11 is 0. The smallest absolute Gasteiger partial charge is 0.169 e. The Kier molecular flexibility index (Phi) is 2.99. The van der Waals surface area contributed by atoms with Gasteiger partial charge in [-0.1, -0.05) is 0 Å². The molecule has 1 aromatic rings. The van der Waals surface area contributed by atoms with Crippen LogP contribution < -0.4 is 17.0 Å². The highest BCUT2D eigenvalue weighted by Gasteiger charge is 1.99. The van der Waals surface area contributed by atoms with Crippen molar-refractivity contribution in [3.05, 3.63) is 29.8 Å². The molecule has 0 saturated heterocycles. The number of nitrogens with zero attached hydrogens (tertiary/aromatic N) is 2. The predicted molar refractivity (Wildman–Crippen MR) is 54.3 cm³/mol. The number of benzene rings is 1. The largest absolute Gasteiger partial charge is 0.399 e. The highest BCUT2D eigenvalue weighted by Crippen LogP contribution is 2.05. The van der Waals surface area contributed by atoms with Gasteiger partial charge in [0.25, 0.3) is 0 Å². The first-order valence-electron chi connectivity index (χ1n) is 3.64. The van der Waals surface area contributed by atoms with E-state index < -0.39 is 0 Å². The van der Waals surface area contributed by atoms with Gasteiger partial charge in [0, 0.05) is 18.0 Å². The van der Waals surface area contributed by atoms with Gasteiger partial charge in [0.2, 0.25) is 0 Å². The maximum Gasteiger partial charge on any atom is 0.169 e. The van der Waals surface area contributed by atoms with Crippen molar-refractivity contribution in [2.45, 2.75) is 0 Å². The summed E-state index contributed by atoms with van der Waals surface area (Å²) in [7, 11) is 0. The summed E-state index contributed by atoms with van der Waals surface area (Å²) in [4.78, 5) is 0. The molecule has 0 unspecified atom stereocenters. The maximum absolute atomic E-state index is 5.51. The molecule has 1 rings (SSSR count). The van der Waals surface area contributed by atoms with Gasteiger partial charge in [-0.15, -0.1) is 5.10 Å². The van der Waals surface area contributed by atoms with Crippen molar-refractivity contribution in [3.8, 4) is 0 Å². The number of nitrogens with two attached hydrogens (primary N) is 2. The molecule has 0 aliphatic carbocycles. The molecule has 0 aromatic heterocycles. The SMILES string of the molecule is C=N/N=C(\NN)c1ccc(N)cc1. The molecule has 0 spiro atoms. The second-order valence-electron chi connectivity index (χ2n) is 2.36. The van der Waals surface area contributed by atoms with Crippen LogP contribution in [0.5, 0.6) is 0 Å². The summed E-state index contributed by atoms with van der Waals surface area (Å²) < 4.78 is 0. The Morgan fingerprint density at radius 2 is 1.92 bits per heavy atom. The van der Waals surface area contributed by atoms with Crippen LogP contribution in [-0.4, -0.2) is 12.6 Å². The van der Waals surface area contributed by atoms with E-state index in [4.69, 9.17) is 11.6 Å². The van der Waals surface area contributed by atoms with Crippen LogP contribution in [0.3, 0.4) is 0 Å². The van der Waals surface area contributed by atoms with Crippen LogP contribution >= 0.6 is 0 Å². The lowest BCUT2D eigenvalue weighted by Crippen LogP contribution is -2.30. The fraction of sp³-hybridized carbons (Fsp3) is 0. The molecule has 13 heavy (non-hydrogen) atoms. The topological polar surface area (TPSA) is 88.8 Å². The Hall–Kier alpha value is -1.88. The minimum absolute atomic E-state index is 0.454. The van der Waals surface area contributed by atoms with Crippen molar-refractivity contribution >= 4 is 18.2 Å². The van der Waals surface area contributed by atoms with Gasteiger partial charge in [0.1, 0.15) is 0 Å². The highest BCUT2D eigenvalue weighted by molar-refractivity contribution is 5.98. The van der Waals surface area contributed by atoms with Gasteiger partial charge in [-0.25, -0.2) is 5.84 Å². The van der Waals surface area contributed by atoms with Gasteiger partial charge in [0.05, 0.1) is 0 Å². The molecule has 0 aliphatic heterocycles. The second kappa shape index (κ2) is 4.22. The number of rotatable bonds is 2. The predicted octanol–water partition coefficient (Wildman–Crippen LogP) is 0.0943. The molecule has 0 amide bonds. The first-order valence-corrected chi connectivity index (χ1v) is 3.64. The first kappa shape index (κ1) is 9.21. The normalized spacial score (nSPS) is 11.0. The molecule has 0 saturated carbocycles. The Bertz CT molecular complexity index is 314. The number of hydrogen-bond acceptors (Lipinski definition) is 4. The number of nitrogens with one attached hydrogen (secondary N) is 1. The Labute approximate surface area is 76.1 Å². The van der Waals surface area contributed by atoms with E-state index >= 15 is 0 Å². The summed E-state index contributed by atoms with van der Waals surface area (Å²) in [6.07, 6.45) is 0. The Morgan fingerprint density at radius 3 is 2.38 bits per heavy atom. The fourth-order valence-electron chi connectivity index (χ4n) is 0.882. The zero-order chi connectivity index (χ0) is 9.68. The van der Waals surface area contributed by atoms with E-state index in [1.54, 1.807) is 24.3 Å². The molecule has 5 nitrogen and oxygen atoms in total. The number of amidine groups is 1. The van der Waals surface area contributed by atoms with Crippen LogP contribution in [0.15, 0.2) is 34.5 Å². The third kappa shape index (κ3) is 2.28. The third-order valence-corrected chi connectivity index (χ3v) is 1.49. The minimum atomic E-state index is 0.454. The number of hydrazine groups is 1. The fourth-order valence-corrected chi connectivity index (χ4v) is 0.882. The lowest BCUT2D eigenvalue weighted by atomic mass is 10.2. The molecule has 0 heterocycles. The first-order chi connectivity index (χ1) is 6.27. The molecule has 0 aliphatic rings. The van der Waals surface area contributed by atoms with Crippen molar-refractivity contribution in [1.82, 2.24) is 5.43 Å². The summed E-state index contributed by atoms with van der Waals surface area (Å²) in [5.74, 6) is 5.68. The number of nitrogen functional groups attached to an aromatic ring is 1. The van der Waals surface area contributed by atoms with Crippen molar-refractivity contribution in [3.63, 3.8) is 0 Å². The molecule has 0 atom stereocenters. The molecule has 5 N–H and O–H groups in total. The lowest BCUT2D eigenvalue weighted by Gasteiger charge is -2.03. The van der Waals surface area contributed by atoms with E-state index in [0.717, 1.165) is 5.56 Å². The van der Waals surface area contributed by atoms with E-state index in [0.29, 0.717) is 11.5 Å². The lowest BCUT2D eigenvalue weighted by molar-refractivity contribution is 1.01. The zero-order valence-corrected chi connectivity index (χ0v) is 7.07. The monoisotopic (exact) mass is 177 g/mol. The third-order valence-electron chi connectivity index (χ3n) is 1.49. The van der Waals surface area contributed by atoms with Crippen LogP contribution in [-0.2, 0) is 0 Å². The van der Waals surface area contributed by atoms with E-state index in [1.807, 2.05) is 0 Å². The van der Waals surface area contributed by atoms with Gasteiger partial charge >= 0.3 is 0 Å². The van der Waals surface area contributed by atoms with E-state index in [9.17, 15) is 0 Å². The number of hydrogen-bond donors (Lipinski definition) is 3. The molecule has 0 bridgehead atoms. The summed E-state index contributed by atoms with van der Waals surface area (Å²) in [5.41, 5.74) is 9.43. The van der Waals surface area contributed by atoms with E-state index in [2.05, 4.69) is 22.3 Å². The average Bonchev–Trinajstić information content (AvgIpc) is 2.16. The summed E-state index contributed by atoms with van der Waals surface area (Å²) in [5, 5.41) is 7.07.